The van der Waals surface area contributed by atoms with Crippen molar-refractivity contribution in [1.82, 2.24) is 10.6 Å². The number of nitrogens with one attached hydrogen (secondary N) is 2. The van der Waals surface area contributed by atoms with Gasteiger partial charge in [-0.2, -0.15) is 0 Å². The minimum absolute atomic E-state index is 0.130. The summed E-state index contributed by atoms with van der Waals surface area (Å²) in [6, 6.07) is 6.22. The van der Waals surface area contributed by atoms with Gasteiger partial charge in [0.25, 0.3) is 0 Å². The Morgan fingerprint density at radius 2 is 1.96 bits per heavy atom. The summed E-state index contributed by atoms with van der Waals surface area (Å²) in [6.07, 6.45) is 3.42. The van der Waals surface area contributed by atoms with Gasteiger partial charge in [0.15, 0.2) is 5.96 Å². The SMILES string of the molecule is CCNC(=NCc1ccc(C)cc1OC(C)C)NCCCCCC(=O)OC. The highest BCUT2D eigenvalue weighted by molar-refractivity contribution is 5.79. The highest BCUT2D eigenvalue weighted by Gasteiger charge is 2.07. The lowest BCUT2D eigenvalue weighted by Crippen LogP contribution is -2.37. The van der Waals surface area contributed by atoms with Crippen LogP contribution < -0.4 is 15.4 Å². The molecule has 0 aliphatic rings. The lowest BCUT2D eigenvalue weighted by Gasteiger charge is -2.15. The number of carbonyl (C=O) groups excluding carboxylic acids is 1. The van der Waals surface area contributed by atoms with Crippen LogP contribution >= 0.6 is 0 Å². The quantitative estimate of drug-likeness (QED) is 0.267. The van der Waals surface area contributed by atoms with Crippen LogP contribution in [0.15, 0.2) is 23.2 Å². The van der Waals surface area contributed by atoms with Gasteiger partial charge in [0.1, 0.15) is 5.75 Å². The number of aliphatic imine (C=N–C) groups is 1. The first-order valence-electron chi connectivity index (χ1n) is 9.81. The molecule has 0 saturated heterocycles. The number of carbonyl (C=O) groups is 1. The molecule has 0 spiro atoms. The van der Waals surface area contributed by atoms with Crippen LogP contribution in [0.4, 0.5) is 0 Å². The van der Waals surface area contributed by atoms with Gasteiger partial charge in [-0.05, 0) is 52.2 Å². The minimum atomic E-state index is -0.143. The molecule has 0 fully saturated rings. The second-order valence-electron chi connectivity index (χ2n) is 6.79. The predicted molar refractivity (Wildman–Crippen MR) is 110 cm³/mol. The second-order valence-corrected chi connectivity index (χ2v) is 6.79. The number of rotatable bonds is 11. The molecule has 1 aromatic rings. The fourth-order valence-electron chi connectivity index (χ4n) is 2.54. The monoisotopic (exact) mass is 377 g/mol. The zero-order valence-electron chi connectivity index (χ0n) is 17.4. The van der Waals surface area contributed by atoms with Gasteiger partial charge < -0.3 is 20.1 Å². The number of hydrogen-bond donors (Lipinski definition) is 2. The maximum Gasteiger partial charge on any atom is 0.305 e. The van der Waals surface area contributed by atoms with E-state index in [1.165, 1.54) is 12.7 Å². The molecule has 6 nitrogen and oxygen atoms in total. The molecule has 0 aliphatic carbocycles. The Kier molecular flexibility index (Phi) is 11.0. The molecule has 1 aromatic carbocycles. The average molecular weight is 378 g/mol. The summed E-state index contributed by atoms with van der Waals surface area (Å²) in [5, 5.41) is 6.61. The van der Waals surface area contributed by atoms with Crippen molar-refractivity contribution in [2.75, 3.05) is 20.2 Å². The topological polar surface area (TPSA) is 72.0 Å². The van der Waals surface area contributed by atoms with Crippen LogP contribution in [0.5, 0.6) is 5.75 Å². The fraction of sp³-hybridized carbons (Fsp3) is 0.619. The lowest BCUT2D eigenvalue weighted by molar-refractivity contribution is -0.140. The van der Waals surface area contributed by atoms with Gasteiger partial charge in [0.05, 0.1) is 19.8 Å². The number of guanidine groups is 1. The molecule has 0 radical (unpaired) electrons. The second kappa shape index (κ2) is 13.0. The van der Waals surface area contributed by atoms with Crippen LogP contribution in [0.1, 0.15) is 57.6 Å². The van der Waals surface area contributed by atoms with Crippen LogP contribution in [0.3, 0.4) is 0 Å². The molecule has 0 aromatic heterocycles. The number of esters is 1. The van der Waals surface area contributed by atoms with E-state index in [1.54, 1.807) is 0 Å². The summed E-state index contributed by atoms with van der Waals surface area (Å²) in [7, 11) is 1.43. The highest BCUT2D eigenvalue weighted by atomic mass is 16.5. The van der Waals surface area contributed by atoms with Crippen molar-refractivity contribution in [1.29, 1.82) is 0 Å². The summed E-state index contributed by atoms with van der Waals surface area (Å²) < 4.78 is 10.6. The van der Waals surface area contributed by atoms with E-state index in [1.807, 2.05) is 20.8 Å². The smallest absolute Gasteiger partial charge is 0.305 e. The van der Waals surface area contributed by atoms with E-state index in [0.29, 0.717) is 13.0 Å². The molecule has 0 atom stereocenters. The summed E-state index contributed by atoms with van der Waals surface area (Å²) in [4.78, 5) is 15.8. The molecule has 0 heterocycles. The molecule has 0 amide bonds. The van der Waals surface area contributed by atoms with E-state index >= 15 is 0 Å². The maximum atomic E-state index is 11.1. The Hall–Kier alpha value is -2.24. The van der Waals surface area contributed by atoms with Gasteiger partial charge in [0.2, 0.25) is 0 Å². The number of nitrogens with zero attached hydrogens (tertiary/aromatic N) is 1. The number of hydrogen-bond acceptors (Lipinski definition) is 4. The van der Waals surface area contributed by atoms with Gasteiger partial charge in [-0.1, -0.05) is 18.6 Å². The number of ether oxygens (including phenoxy) is 2. The van der Waals surface area contributed by atoms with Gasteiger partial charge in [-0.25, -0.2) is 4.99 Å². The third-order valence-electron chi connectivity index (χ3n) is 3.91. The lowest BCUT2D eigenvalue weighted by atomic mass is 10.1. The number of unbranched alkanes of at least 4 members (excludes halogenated alkanes) is 2. The molecule has 152 valence electrons. The van der Waals surface area contributed by atoms with Crippen molar-refractivity contribution < 1.29 is 14.3 Å². The fourth-order valence-corrected chi connectivity index (χ4v) is 2.54. The van der Waals surface area contributed by atoms with E-state index < -0.39 is 0 Å². The first kappa shape index (κ1) is 22.8. The van der Waals surface area contributed by atoms with Crippen LogP contribution in [0, 0.1) is 6.92 Å². The molecule has 27 heavy (non-hydrogen) atoms. The van der Waals surface area contributed by atoms with E-state index in [9.17, 15) is 4.79 Å². The molecule has 0 bridgehead atoms. The largest absolute Gasteiger partial charge is 0.491 e. The zero-order chi connectivity index (χ0) is 20.1. The number of methoxy groups -OCH3 is 1. The van der Waals surface area contributed by atoms with E-state index in [-0.39, 0.29) is 12.1 Å². The third kappa shape index (κ3) is 9.87. The van der Waals surface area contributed by atoms with Crippen LogP contribution in [-0.2, 0) is 16.1 Å². The van der Waals surface area contributed by atoms with E-state index in [2.05, 4.69) is 45.5 Å². The van der Waals surface area contributed by atoms with Crippen molar-refractivity contribution in [3.8, 4) is 5.75 Å². The Bertz CT molecular complexity index is 600. The van der Waals surface area contributed by atoms with Gasteiger partial charge in [-0.15, -0.1) is 0 Å². The normalized spacial score (nSPS) is 11.4. The van der Waals surface area contributed by atoms with Gasteiger partial charge in [-0.3, -0.25) is 4.79 Å². The molecule has 0 saturated carbocycles. The van der Waals surface area contributed by atoms with Crippen LogP contribution in [0.25, 0.3) is 0 Å². The summed E-state index contributed by atoms with van der Waals surface area (Å²) >= 11 is 0. The molecule has 2 N–H and O–H groups in total. The maximum absolute atomic E-state index is 11.1. The molecule has 0 unspecified atom stereocenters. The summed E-state index contributed by atoms with van der Waals surface area (Å²) in [5.41, 5.74) is 2.25. The molecule has 1 rings (SSSR count). The van der Waals surface area contributed by atoms with Crippen LogP contribution in [-0.4, -0.2) is 38.2 Å². The molecular weight excluding hydrogens is 342 g/mol. The Morgan fingerprint density at radius 1 is 1.19 bits per heavy atom. The van der Waals surface area contributed by atoms with Gasteiger partial charge in [0, 0.05) is 25.1 Å². The molecule has 0 aliphatic heterocycles. The first-order chi connectivity index (χ1) is 13.0. The molecular formula is C21H35N3O3. The number of aryl methyl sites for hydroxylation is 1. The predicted octanol–water partition coefficient (Wildman–Crippen LogP) is 3.57. The van der Waals surface area contributed by atoms with Crippen molar-refractivity contribution in [2.24, 2.45) is 4.99 Å². The van der Waals surface area contributed by atoms with Crippen molar-refractivity contribution in [2.45, 2.75) is 66.0 Å². The van der Waals surface area contributed by atoms with E-state index in [4.69, 9.17) is 4.74 Å². The zero-order valence-corrected chi connectivity index (χ0v) is 17.4. The Morgan fingerprint density at radius 3 is 2.63 bits per heavy atom. The standard InChI is InChI=1S/C21H35N3O3/c1-6-22-21(23-13-9-7-8-10-20(25)26-5)24-15-18-12-11-17(4)14-19(18)27-16(2)3/h11-12,14,16H,6-10,13,15H2,1-5H3,(H2,22,23,24). The Balaban J connectivity index is 2.55. The van der Waals surface area contributed by atoms with Gasteiger partial charge >= 0.3 is 5.97 Å². The Labute approximate surface area is 163 Å². The van der Waals surface area contributed by atoms with Crippen molar-refractivity contribution in [3.05, 3.63) is 29.3 Å². The minimum Gasteiger partial charge on any atom is -0.491 e. The summed E-state index contributed by atoms with van der Waals surface area (Å²) in [5.74, 6) is 1.55. The average Bonchev–Trinajstić information content (AvgIpc) is 2.62. The van der Waals surface area contributed by atoms with Crippen molar-refractivity contribution >= 4 is 11.9 Å². The molecule has 6 heteroatoms. The summed E-state index contributed by atoms with van der Waals surface area (Å²) in [6.45, 7) is 10.3. The van der Waals surface area contributed by atoms with E-state index in [0.717, 1.165) is 49.6 Å². The first-order valence-corrected chi connectivity index (χ1v) is 9.81. The van der Waals surface area contributed by atoms with Crippen molar-refractivity contribution in [3.63, 3.8) is 0 Å². The van der Waals surface area contributed by atoms with Crippen LogP contribution in [0.2, 0.25) is 0 Å². The highest BCUT2D eigenvalue weighted by Crippen LogP contribution is 2.22. The number of benzene rings is 1. The third-order valence-corrected chi connectivity index (χ3v) is 3.91.